The van der Waals surface area contributed by atoms with E-state index in [0.717, 1.165) is 29.9 Å². The van der Waals surface area contributed by atoms with Crippen LogP contribution in [0, 0.1) is 13.8 Å². The van der Waals surface area contributed by atoms with Gasteiger partial charge in [0.2, 0.25) is 0 Å². The van der Waals surface area contributed by atoms with Gasteiger partial charge in [0.05, 0.1) is 31.6 Å². The Hall–Kier alpha value is -2.86. The Morgan fingerprint density at radius 2 is 1.78 bits per heavy atom. The zero-order valence-electron chi connectivity index (χ0n) is 15.9. The molecule has 2 aromatic rings. The van der Waals surface area contributed by atoms with E-state index in [-0.39, 0.29) is 5.91 Å². The molecular formula is C21H24N2O4. The molecule has 0 unspecified atom stereocenters. The second kappa shape index (κ2) is 8.22. The maximum atomic E-state index is 12.6. The molecule has 1 amide bonds. The van der Waals surface area contributed by atoms with Crippen molar-refractivity contribution in [1.82, 2.24) is 0 Å². The van der Waals surface area contributed by atoms with E-state index >= 15 is 0 Å². The maximum Gasteiger partial charge on any atom is 0.340 e. The Kier molecular flexibility index (Phi) is 5.76. The van der Waals surface area contributed by atoms with Crippen LogP contribution in [0.3, 0.4) is 0 Å². The summed E-state index contributed by atoms with van der Waals surface area (Å²) >= 11 is 0. The summed E-state index contributed by atoms with van der Waals surface area (Å²) in [4.78, 5) is 27.1. The number of ether oxygens (including phenoxy) is 2. The SMILES string of the molecule is COC(=O)c1cc(N2CCOCC2)ccc1NC(=O)c1ccc(C)c(C)c1. The number of hydrogen-bond acceptors (Lipinski definition) is 5. The second-order valence-electron chi connectivity index (χ2n) is 6.57. The number of carbonyl (C=O) groups excluding carboxylic acids is 2. The van der Waals surface area contributed by atoms with Gasteiger partial charge in [-0.05, 0) is 55.3 Å². The first-order valence-electron chi connectivity index (χ1n) is 8.93. The van der Waals surface area contributed by atoms with Crippen molar-refractivity contribution in [2.24, 2.45) is 0 Å². The normalized spacial score (nSPS) is 14.0. The van der Waals surface area contributed by atoms with Crippen LogP contribution in [0.4, 0.5) is 11.4 Å². The van der Waals surface area contributed by atoms with Crippen molar-refractivity contribution in [3.8, 4) is 0 Å². The van der Waals surface area contributed by atoms with Gasteiger partial charge in [-0.3, -0.25) is 4.79 Å². The smallest absolute Gasteiger partial charge is 0.340 e. The van der Waals surface area contributed by atoms with Crippen LogP contribution in [-0.4, -0.2) is 45.3 Å². The highest BCUT2D eigenvalue weighted by Gasteiger charge is 2.19. The fourth-order valence-electron chi connectivity index (χ4n) is 3.02. The number of carbonyl (C=O) groups is 2. The van der Waals surface area contributed by atoms with Gasteiger partial charge in [0.15, 0.2) is 0 Å². The van der Waals surface area contributed by atoms with E-state index in [1.807, 2.05) is 32.0 Å². The highest BCUT2D eigenvalue weighted by Crippen LogP contribution is 2.25. The van der Waals surface area contributed by atoms with Crippen LogP contribution in [0.15, 0.2) is 36.4 Å². The van der Waals surface area contributed by atoms with E-state index in [1.54, 1.807) is 18.2 Å². The predicted octanol–water partition coefficient (Wildman–Crippen LogP) is 3.18. The summed E-state index contributed by atoms with van der Waals surface area (Å²) in [6, 6.07) is 10.9. The molecule has 27 heavy (non-hydrogen) atoms. The summed E-state index contributed by atoms with van der Waals surface area (Å²) < 4.78 is 10.3. The fourth-order valence-corrected chi connectivity index (χ4v) is 3.02. The Bertz CT molecular complexity index is 857. The molecule has 6 heteroatoms. The number of esters is 1. The quantitative estimate of drug-likeness (QED) is 0.840. The lowest BCUT2D eigenvalue weighted by Gasteiger charge is -2.29. The monoisotopic (exact) mass is 368 g/mol. The number of anilines is 2. The molecule has 0 aromatic heterocycles. The van der Waals surface area contributed by atoms with Gasteiger partial charge in [-0.1, -0.05) is 6.07 Å². The van der Waals surface area contributed by atoms with E-state index in [1.165, 1.54) is 7.11 Å². The van der Waals surface area contributed by atoms with Crippen LogP contribution >= 0.6 is 0 Å². The summed E-state index contributed by atoms with van der Waals surface area (Å²) in [5.41, 5.74) is 4.38. The van der Waals surface area contributed by atoms with Gasteiger partial charge in [0, 0.05) is 24.3 Å². The molecule has 1 aliphatic rings. The summed E-state index contributed by atoms with van der Waals surface area (Å²) in [7, 11) is 1.33. The molecule has 6 nitrogen and oxygen atoms in total. The number of nitrogens with zero attached hydrogens (tertiary/aromatic N) is 1. The minimum absolute atomic E-state index is 0.262. The number of amides is 1. The van der Waals surface area contributed by atoms with Crippen LogP contribution < -0.4 is 10.2 Å². The lowest BCUT2D eigenvalue weighted by atomic mass is 10.1. The highest BCUT2D eigenvalue weighted by molar-refractivity contribution is 6.08. The lowest BCUT2D eigenvalue weighted by molar-refractivity contribution is 0.0602. The van der Waals surface area contributed by atoms with Gasteiger partial charge in [-0.15, -0.1) is 0 Å². The molecule has 142 valence electrons. The van der Waals surface area contributed by atoms with E-state index in [4.69, 9.17) is 9.47 Å². The molecule has 2 aromatic carbocycles. The van der Waals surface area contributed by atoms with E-state index in [0.29, 0.717) is 30.0 Å². The largest absolute Gasteiger partial charge is 0.465 e. The van der Waals surface area contributed by atoms with Crippen molar-refractivity contribution in [2.45, 2.75) is 13.8 Å². The Morgan fingerprint density at radius 1 is 1.04 bits per heavy atom. The average Bonchev–Trinajstić information content (AvgIpc) is 2.70. The number of hydrogen-bond donors (Lipinski definition) is 1. The molecule has 1 heterocycles. The highest BCUT2D eigenvalue weighted by atomic mass is 16.5. The van der Waals surface area contributed by atoms with Gasteiger partial charge in [0.1, 0.15) is 0 Å². The zero-order valence-corrected chi connectivity index (χ0v) is 15.9. The van der Waals surface area contributed by atoms with E-state index in [2.05, 4.69) is 10.2 Å². The van der Waals surface area contributed by atoms with Gasteiger partial charge >= 0.3 is 5.97 Å². The van der Waals surface area contributed by atoms with Crippen molar-refractivity contribution < 1.29 is 19.1 Å². The minimum atomic E-state index is -0.486. The van der Waals surface area contributed by atoms with Crippen molar-refractivity contribution in [1.29, 1.82) is 0 Å². The van der Waals surface area contributed by atoms with Crippen LogP contribution in [-0.2, 0) is 9.47 Å². The molecule has 0 saturated carbocycles. The molecule has 1 N–H and O–H groups in total. The standard InChI is InChI=1S/C21H24N2O4/c1-14-4-5-16(12-15(14)2)20(24)22-19-7-6-17(13-18(19)21(25)26-3)23-8-10-27-11-9-23/h4-7,12-13H,8-11H2,1-3H3,(H,22,24). The molecule has 0 radical (unpaired) electrons. The third-order valence-electron chi connectivity index (χ3n) is 4.80. The molecule has 1 aliphatic heterocycles. The molecular weight excluding hydrogens is 344 g/mol. The molecule has 0 spiro atoms. The average molecular weight is 368 g/mol. The number of nitrogens with one attached hydrogen (secondary N) is 1. The maximum absolute atomic E-state index is 12.6. The number of aryl methyl sites for hydroxylation is 2. The van der Waals surface area contributed by atoms with Crippen molar-refractivity contribution in [3.63, 3.8) is 0 Å². The van der Waals surface area contributed by atoms with Gasteiger partial charge in [-0.25, -0.2) is 4.79 Å². The van der Waals surface area contributed by atoms with Gasteiger partial charge in [-0.2, -0.15) is 0 Å². The first kappa shape index (κ1) is 18.9. The van der Waals surface area contributed by atoms with E-state index in [9.17, 15) is 9.59 Å². The first-order valence-corrected chi connectivity index (χ1v) is 8.93. The van der Waals surface area contributed by atoms with Crippen LogP contribution in [0.25, 0.3) is 0 Å². The topological polar surface area (TPSA) is 67.9 Å². The Morgan fingerprint density at radius 3 is 2.44 bits per heavy atom. The summed E-state index contributed by atoms with van der Waals surface area (Å²) in [5, 5.41) is 2.84. The van der Waals surface area contributed by atoms with Crippen molar-refractivity contribution in [3.05, 3.63) is 58.7 Å². The van der Waals surface area contributed by atoms with Crippen molar-refractivity contribution >= 4 is 23.3 Å². The summed E-state index contributed by atoms with van der Waals surface area (Å²) in [5.74, 6) is -0.747. The second-order valence-corrected chi connectivity index (χ2v) is 6.57. The number of benzene rings is 2. The lowest BCUT2D eigenvalue weighted by Crippen LogP contribution is -2.36. The molecule has 0 aliphatic carbocycles. The predicted molar refractivity (Wildman–Crippen MR) is 105 cm³/mol. The van der Waals surface area contributed by atoms with Crippen LogP contribution in [0.5, 0.6) is 0 Å². The van der Waals surface area contributed by atoms with Gasteiger partial charge < -0.3 is 19.7 Å². The van der Waals surface area contributed by atoms with Gasteiger partial charge in [0.25, 0.3) is 5.91 Å². The molecule has 0 atom stereocenters. The molecule has 1 fully saturated rings. The fraction of sp³-hybridized carbons (Fsp3) is 0.333. The van der Waals surface area contributed by atoms with Crippen LogP contribution in [0.2, 0.25) is 0 Å². The number of morpholine rings is 1. The first-order chi connectivity index (χ1) is 13.0. The summed E-state index contributed by atoms with van der Waals surface area (Å²) in [6.07, 6.45) is 0. The minimum Gasteiger partial charge on any atom is -0.465 e. The molecule has 1 saturated heterocycles. The number of rotatable bonds is 4. The molecule has 0 bridgehead atoms. The zero-order chi connectivity index (χ0) is 19.4. The third-order valence-corrected chi connectivity index (χ3v) is 4.80. The summed E-state index contributed by atoms with van der Waals surface area (Å²) in [6.45, 7) is 6.78. The Labute approximate surface area is 159 Å². The third kappa shape index (κ3) is 4.28. The Balaban J connectivity index is 1.88. The van der Waals surface area contributed by atoms with E-state index < -0.39 is 5.97 Å². The van der Waals surface area contributed by atoms with Crippen molar-refractivity contribution in [2.75, 3.05) is 43.6 Å². The number of methoxy groups -OCH3 is 1. The van der Waals surface area contributed by atoms with Crippen LogP contribution in [0.1, 0.15) is 31.8 Å². The molecule has 3 rings (SSSR count).